The lowest BCUT2D eigenvalue weighted by Gasteiger charge is -2.30. The Bertz CT molecular complexity index is 1350. The second-order valence-corrected chi connectivity index (χ2v) is 9.63. The fourth-order valence-electron chi connectivity index (χ4n) is 3.86. The van der Waals surface area contributed by atoms with E-state index in [2.05, 4.69) is 0 Å². The average Bonchev–Trinajstić information content (AvgIpc) is 3.07. The van der Waals surface area contributed by atoms with E-state index in [4.69, 9.17) is 0 Å². The maximum atomic E-state index is 13.8. The summed E-state index contributed by atoms with van der Waals surface area (Å²) in [4.78, 5) is 40.4. The molecule has 4 rings (SSSR count). The van der Waals surface area contributed by atoms with Crippen molar-refractivity contribution < 1.29 is 22.8 Å². The van der Waals surface area contributed by atoms with Gasteiger partial charge in [-0.25, -0.2) is 12.7 Å². The number of hydrogen-bond acceptors (Lipinski definition) is 5. The predicted molar refractivity (Wildman–Crippen MR) is 123 cm³/mol. The fourth-order valence-corrected chi connectivity index (χ4v) is 5.42. The zero-order chi connectivity index (χ0) is 23.9. The summed E-state index contributed by atoms with van der Waals surface area (Å²) in [6.45, 7) is 4.89. The summed E-state index contributed by atoms with van der Waals surface area (Å²) in [5, 5.41) is 0. The molecule has 33 heavy (non-hydrogen) atoms. The zero-order valence-electron chi connectivity index (χ0n) is 18.3. The van der Waals surface area contributed by atoms with Gasteiger partial charge in [0.2, 0.25) is 0 Å². The van der Waals surface area contributed by atoms with E-state index in [9.17, 15) is 22.8 Å². The Morgan fingerprint density at radius 1 is 0.818 bits per heavy atom. The van der Waals surface area contributed by atoms with Gasteiger partial charge in [0.1, 0.15) is 6.04 Å². The molecule has 0 aliphatic carbocycles. The number of carbonyl (C=O) groups excluding carboxylic acids is 3. The molecule has 8 heteroatoms. The van der Waals surface area contributed by atoms with E-state index in [1.807, 2.05) is 13.0 Å². The molecular formula is C25H22N2O5S. The molecular weight excluding hydrogens is 440 g/mol. The summed E-state index contributed by atoms with van der Waals surface area (Å²) in [6.07, 6.45) is 0. The highest BCUT2D eigenvalue weighted by Gasteiger charge is 2.44. The van der Waals surface area contributed by atoms with Gasteiger partial charge in [0.05, 0.1) is 21.7 Å². The molecule has 7 nitrogen and oxygen atoms in total. The van der Waals surface area contributed by atoms with E-state index in [0.29, 0.717) is 9.87 Å². The first-order valence-corrected chi connectivity index (χ1v) is 11.8. The molecule has 0 saturated heterocycles. The number of sulfonamides is 1. The molecule has 0 radical (unpaired) electrons. The number of imide groups is 1. The van der Waals surface area contributed by atoms with E-state index < -0.39 is 33.8 Å². The van der Waals surface area contributed by atoms with Crippen LogP contribution < -0.4 is 4.31 Å². The van der Waals surface area contributed by atoms with E-state index in [-0.39, 0.29) is 21.7 Å². The Morgan fingerprint density at radius 3 is 1.94 bits per heavy atom. The van der Waals surface area contributed by atoms with Gasteiger partial charge in [-0.3, -0.25) is 19.3 Å². The van der Waals surface area contributed by atoms with E-state index >= 15 is 0 Å². The van der Waals surface area contributed by atoms with Gasteiger partial charge in [-0.05, 0) is 62.2 Å². The van der Waals surface area contributed by atoms with Gasteiger partial charge in [-0.1, -0.05) is 42.5 Å². The van der Waals surface area contributed by atoms with Gasteiger partial charge in [0.25, 0.3) is 27.7 Å². The van der Waals surface area contributed by atoms with Crippen LogP contribution in [0.4, 0.5) is 5.69 Å². The van der Waals surface area contributed by atoms with Crippen LogP contribution in [0, 0.1) is 13.8 Å². The lowest BCUT2D eigenvalue weighted by atomic mass is 10.1. The molecule has 0 N–H and O–H groups in total. The number of amides is 3. The second kappa shape index (κ2) is 8.29. The number of anilines is 1. The van der Waals surface area contributed by atoms with Crippen LogP contribution in [0.15, 0.2) is 77.7 Å². The van der Waals surface area contributed by atoms with Crippen molar-refractivity contribution in [3.05, 3.63) is 95.1 Å². The molecule has 3 amide bonds. The van der Waals surface area contributed by atoms with Crippen LogP contribution in [0.2, 0.25) is 0 Å². The van der Waals surface area contributed by atoms with Crippen molar-refractivity contribution in [2.45, 2.75) is 31.7 Å². The van der Waals surface area contributed by atoms with Crippen LogP contribution in [-0.2, 0) is 14.8 Å². The highest BCUT2D eigenvalue weighted by atomic mass is 32.2. The normalized spacial score (nSPS) is 14.2. The Hall–Kier alpha value is -3.78. The maximum Gasteiger partial charge on any atom is 0.270 e. The van der Waals surface area contributed by atoms with Gasteiger partial charge in [-0.2, -0.15) is 0 Å². The molecule has 0 fully saturated rings. The summed E-state index contributed by atoms with van der Waals surface area (Å²) < 4.78 is 28.0. The fraction of sp³-hybridized carbons (Fsp3) is 0.160. The summed E-state index contributed by atoms with van der Waals surface area (Å²) >= 11 is 0. The first-order valence-electron chi connectivity index (χ1n) is 10.3. The summed E-state index contributed by atoms with van der Waals surface area (Å²) in [5.74, 6) is -2.16. The molecule has 0 saturated carbocycles. The molecule has 1 atom stereocenters. The SMILES string of the molecule is Cc1cccc(N(C(=O)C(C)N2C(=O)c3ccccc3C2=O)S(=O)(=O)c2ccccc2)c1C. The van der Waals surface area contributed by atoms with Crippen LogP contribution >= 0.6 is 0 Å². The smallest absolute Gasteiger partial charge is 0.270 e. The highest BCUT2D eigenvalue weighted by molar-refractivity contribution is 7.93. The third-order valence-electron chi connectivity index (χ3n) is 5.85. The van der Waals surface area contributed by atoms with Crippen molar-refractivity contribution in [1.29, 1.82) is 0 Å². The Balaban J connectivity index is 1.83. The van der Waals surface area contributed by atoms with Crippen LogP contribution in [0.5, 0.6) is 0 Å². The van der Waals surface area contributed by atoms with Crippen molar-refractivity contribution >= 4 is 33.4 Å². The molecule has 3 aromatic carbocycles. The highest BCUT2D eigenvalue weighted by Crippen LogP contribution is 2.32. The van der Waals surface area contributed by atoms with Crippen LogP contribution in [-0.4, -0.2) is 37.1 Å². The molecule has 1 unspecified atom stereocenters. The number of benzene rings is 3. The molecule has 1 aliphatic heterocycles. The second-order valence-electron chi connectivity index (χ2n) is 7.84. The zero-order valence-corrected chi connectivity index (χ0v) is 19.2. The van der Waals surface area contributed by atoms with Crippen molar-refractivity contribution in [3.63, 3.8) is 0 Å². The van der Waals surface area contributed by atoms with Gasteiger partial charge >= 0.3 is 0 Å². The summed E-state index contributed by atoms with van der Waals surface area (Å²) in [5.41, 5.74) is 1.94. The van der Waals surface area contributed by atoms with Crippen LogP contribution in [0.1, 0.15) is 38.8 Å². The number of hydrogen-bond donors (Lipinski definition) is 0. The number of carbonyl (C=O) groups is 3. The summed E-state index contributed by atoms with van der Waals surface area (Å²) in [6, 6.07) is 17.5. The van der Waals surface area contributed by atoms with E-state index in [1.54, 1.807) is 43.3 Å². The Kier molecular flexibility index (Phi) is 5.63. The monoisotopic (exact) mass is 462 g/mol. The number of aryl methyl sites for hydroxylation is 1. The standard InChI is InChI=1S/C25H22N2O5S/c1-16-10-9-15-22(17(16)2)27(33(31,32)19-11-5-4-6-12-19)23(28)18(3)26-24(29)20-13-7-8-14-21(20)25(26)30/h4-15,18H,1-3H3. The minimum absolute atomic E-state index is 0.0752. The lowest BCUT2D eigenvalue weighted by molar-refractivity contribution is -0.120. The van der Waals surface area contributed by atoms with Gasteiger partial charge < -0.3 is 0 Å². The Labute approximate surface area is 192 Å². The number of nitrogens with zero attached hydrogens (tertiary/aromatic N) is 2. The first-order chi connectivity index (χ1) is 15.7. The Morgan fingerprint density at radius 2 is 1.36 bits per heavy atom. The predicted octanol–water partition coefficient (Wildman–Crippen LogP) is 3.71. The first kappa shape index (κ1) is 22.4. The van der Waals surface area contributed by atoms with E-state index in [0.717, 1.165) is 10.5 Å². The average molecular weight is 463 g/mol. The van der Waals surface area contributed by atoms with Gasteiger partial charge in [0, 0.05) is 0 Å². The molecule has 1 heterocycles. The quantitative estimate of drug-likeness (QED) is 0.539. The molecule has 1 aliphatic rings. The van der Waals surface area contributed by atoms with Crippen molar-refractivity contribution in [2.75, 3.05) is 4.31 Å². The molecule has 0 spiro atoms. The molecule has 3 aromatic rings. The van der Waals surface area contributed by atoms with Crippen LogP contribution in [0.3, 0.4) is 0 Å². The number of rotatable bonds is 5. The number of fused-ring (bicyclic) bond motifs is 1. The maximum absolute atomic E-state index is 13.8. The molecule has 0 bridgehead atoms. The third-order valence-corrected chi connectivity index (χ3v) is 7.57. The van der Waals surface area contributed by atoms with Gasteiger partial charge in [0.15, 0.2) is 0 Å². The van der Waals surface area contributed by atoms with Gasteiger partial charge in [-0.15, -0.1) is 0 Å². The summed E-state index contributed by atoms with van der Waals surface area (Å²) in [7, 11) is -4.34. The van der Waals surface area contributed by atoms with Crippen molar-refractivity contribution in [3.8, 4) is 0 Å². The van der Waals surface area contributed by atoms with Crippen molar-refractivity contribution in [2.24, 2.45) is 0 Å². The largest absolute Gasteiger partial charge is 0.271 e. The minimum atomic E-state index is -4.34. The topological polar surface area (TPSA) is 91.8 Å². The molecule has 0 aromatic heterocycles. The third kappa shape index (κ3) is 3.62. The minimum Gasteiger partial charge on any atom is -0.271 e. The molecule has 168 valence electrons. The van der Waals surface area contributed by atoms with E-state index in [1.165, 1.54) is 37.3 Å². The van der Waals surface area contributed by atoms with Crippen LogP contribution in [0.25, 0.3) is 0 Å². The van der Waals surface area contributed by atoms with Crippen molar-refractivity contribution in [1.82, 2.24) is 4.90 Å². The lowest BCUT2D eigenvalue weighted by Crippen LogP contribution is -2.51.